The van der Waals surface area contributed by atoms with E-state index in [1.165, 1.54) is 12.8 Å². The summed E-state index contributed by atoms with van der Waals surface area (Å²) >= 11 is 0. The van der Waals surface area contributed by atoms with Crippen molar-refractivity contribution in [3.05, 3.63) is 0 Å². The molecule has 2 bridgehead atoms. The summed E-state index contributed by atoms with van der Waals surface area (Å²) in [6, 6.07) is 0. The van der Waals surface area contributed by atoms with Crippen LogP contribution in [-0.4, -0.2) is 7.28 Å². The fraction of sp³-hybridized carbons (Fsp3) is 1.00. The van der Waals surface area contributed by atoms with E-state index in [4.69, 9.17) is 0 Å². The van der Waals surface area contributed by atoms with Gasteiger partial charge in [0.15, 0.2) is 0 Å². The minimum atomic E-state index is 0.939. The Morgan fingerprint density at radius 3 is 2.67 bits per heavy atom. The maximum absolute atomic E-state index is 2.42. The lowest BCUT2D eigenvalue weighted by Gasteiger charge is -2.41. The first-order valence-electron chi connectivity index (χ1n) is 5.77. The second-order valence-corrected chi connectivity index (χ2v) is 5.28. The Morgan fingerprint density at radius 1 is 1.08 bits per heavy atom. The lowest BCUT2D eigenvalue weighted by Crippen LogP contribution is -2.31. The van der Waals surface area contributed by atoms with Crippen molar-refractivity contribution < 1.29 is 0 Å². The maximum Gasteiger partial charge on any atom is 0.127 e. The Bertz CT molecular complexity index is 153. The van der Waals surface area contributed by atoms with Crippen LogP contribution in [0.1, 0.15) is 46.0 Å². The molecule has 2 rings (SSSR count). The largest absolute Gasteiger partial charge is 0.127 e. The summed E-state index contributed by atoms with van der Waals surface area (Å²) in [5.74, 6) is 4.24. The molecule has 2 aliphatic heterocycles. The van der Waals surface area contributed by atoms with E-state index in [-0.39, 0.29) is 0 Å². The molecule has 0 aromatic rings. The highest BCUT2D eigenvalue weighted by Gasteiger charge is 2.35. The molecule has 3 unspecified atom stereocenters. The van der Waals surface area contributed by atoms with Crippen LogP contribution in [0.5, 0.6) is 0 Å². The van der Waals surface area contributed by atoms with Gasteiger partial charge in [0.05, 0.1) is 0 Å². The third-order valence-electron chi connectivity index (χ3n) is 4.19. The highest BCUT2D eigenvalue weighted by atomic mass is 14.3. The van der Waals surface area contributed by atoms with Crippen LogP contribution >= 0.6 is 0 Å². The van der Waals surface area contributed by atoms with Gasteiger partial charge in [-0.3, -0.25) is 0 Å². The summed E-state index contributed by atoms with van der Waals surface area (Å²) in [6.07, 6.45) is 7.69. The molecule has 2 heterocycles. The number of hydrogen-bond acceptors (Lipinski definition) is 0. The second-order valence-electron chi connectivity index (χ2n) is 5.28. The highest BCUT2D eigenvalue weighted by molar-refractivity contribution is 6.40. The Labute approximate surface area is 77.4 Å². The molecule has 12 heavy (non-hydrogen) atoms. The van der Waals surface area contributed by atoms with E-state index in [1.807, 2.05) is 0 Å². The summed E-state index contributed by atoms with van der Waals surface area (Å²) < 4.78 is 0. The Morgan fingerprint density at radius 2 is 1.92 bits per heavy atom. The van der Waals surface area contributed by atoms with E-state index in [9.17, 15) is 0 Å². The zero-order chi connectivity index (χ0) is 8.55. The normalized spacial score (nSPS) is 41.1. The van der Waals surface area contributed by atoms with Crippen LogP contribution in [0.4, 0.5) is 0 Å². The van der Waals surface area contributed by atoms with Crippen molar-refractivity contribution in [3.63, 3.8) is 0 Å². The van der Waals surface area contributed by atoms with Crippen LogP contribution in [-0.2, 0) is 0 Å². The van der Waals surface area contributed by atoms with Crippen LogP contribution in [0.3, 0.4) is 0 Å². The quantitative estimate of drug-likeness (QED) is 0.522. The predicted octanol–water partition coefficient (Wildman–Crippen LogP) is 3.25. The third kappa shape index (κ3) is 1.55. The van der Waals surface area contributed by atoms with E-state index in [0.717, 1.165) is 23.5 Å². The molecule has 0 radical (unpaired) electrons. The van der Waals surface area contributed by atoms with Gasteiger partial charge in [0.25, 0.3) is 0 Å². The molecule has 0 saturated carbocycles. The molecule has 2 saturated heterocycles. The van der Waals surface area contributed by atoms with Gasteiger partial charge < -0.3 is 0 Å². The van der Waals surface area contributed by atoms with Crippen LogP contribution in [0.2, 0.25) is 11.6 Å². The van der Waals surface area contributed by atoms with Gasteiger partial charge in [0.2, 0.25) is 0 Å². The Hall–Kier alpha value is 0.0649. The monoisotopic (exact) mass is 164 g/mol. The van der Waals surface area contributed by atoms with Crippen molar-refractivity contribution in [1.82, 2.24) is 0 Å². The van der Waals surface area contributed by atoms with Crippen LogP contribution < -0.4 is 0 Å². The summed E-state index contributed by atoms with van der Waals surface area (Å²) in [5.41, 5.74) is 0. The van der Waals surface area contributed by atoms with Gasteiger partial charge in [0, 0.05) is 0 Å². The van der Waals surface area contributed by atoms with E-state index < -0.39 is 0 Å². The fourth-order valence-corrected chi connectivity index (χ4v) is 3.53. The first kappa shape index (κ1) is 8.65. The van der Waals surface area contributed by atoms with Crippen molar-refractivity contribution in [3.8, 4) is 0 Å². The predicted molar refractivity (Wildman–Crippen MR) is 56.1 cm³/mol. The second kappa shape index (κ2) is 3.43. The van der Waals surface area contributed by atoms with Crippen LogP contribution in [0.15, 0.2) is 0 Å². The average Bonchev–Trinajstić information content (AvgIpc) is 2.04. The number of fused-ring (bicyclic) bond motifs is 2. The Balaban J connectivity index is 1.99. The smallest absolute Gasteiger partial charge is 0.0654 e. The SMILES string of the molecule is CC(C)C1CCC2BC1CCC2. The van der Waals surface area contributed by atoms with Gasteiger partial charge in [-0.25, -0.2) is 0 Å². The van der Waals surface area contributed by atoms with Crippen molar-refractivity contribution in [2.24, 2.45) is 11.8 Å². The molecule has 1 heteroatoms. The lowest BCUT2D eigenvalue weighted by molar-refractivity contribution is 0.272. The highest BCUT2D eigenvalue weighted by Crippen LogP contribution is 2.47. The van der Waals surface area contributed by atoms with Crippen LogP contribution in [0.25, 0.3) is 0 Å². The maximum atomic E-state index is 2.42. The van der Waals surface area contributed by atoms with E-state index >= 15 is 0 Å². The molecular formula is C11H21B. The molecule has 0 aliphatic carbocycles. The summed E-state index contributed by atoms with van der Waals surface area (Å²) in [6.45, 7) is 4.83. The first-order valence-corrected chi connectivity index (χ1v) is 5.77. The number of rotatable bonds is 1. The van der Waals surface area contributed by atoms with E-state index in [0.29, 0.717) is 0 Å². The van der Waals surface area contributed by atoms with Gasteiger partial charge in [-0.1, -0.05) is 57.6 Å². The zero-order valence-electron chi connectivity index (χ0n) is 8.55. The third-order valence-corrected chi connectivity index (χ3v) is 4.19. The molecule has 0 amide bonds. The van der Waals surface area contributed by atoms with E-state index in [2.05, 4.69) is 13.8 Å². The van der Waals surface area contributed by atoms with Gasteiger partial charge in [0.1, 0.15) is 7.28 Å². The lowest BCUT2D eigenvalue weighted by atomic mass is 9.40. The summed E-state index contributed by atoms with van der Waals surface area (Å²) in [5, 5.41) is 0. The number of hydrogen-bond donors (Lipinski definition) is 0. The molecule has 2 aliphatic rings. The molecule has 0 N–H and O–H groups in total. The molecule has 2 fully saturated rings. The van der Waals surface area contributed by atoms with Crippen molar-refractivity contribution >= 4 is 7.28 Å². The van der Waals surface area contributed by atoms with Gasteiger partial charge >= 0.3 is 0 Å². The summed E-state index contributed by atoms with van der Waals surface area (Å²) in [4.78, 5) is 0. The Kier molecular flexibility index (Phi) is 2.48. The first-order chi connectivity index (χ1) is 5.77. The van der Waals surface area contributed by atoms with Gasteiger partial charge in [-0.15, -0.1) is 0 Å². The van der Waals surface area contributed by atoms with E-state index in [1.54, 1.807) is 26.5 Å². The van der Waals surface area contributed by atoms with Crippen molar-refractivity contribution in [2.45, 2.75) is 57.6 Å². The van der Waals surface area contributed by atoms with Crippen LogP contribution in [0, 0.1) is 11.8 Å². The summed E-state index contributed by atoms with van der Waals surface area (Å²) in [7, 11) is 1.57. The molecule has 0 aromatic carbocycles. The molecule has 0 aromatic heterocycles. The van der Waals surface area contributed by atoms with Crippen molar-refractivity contribution in [1.29, 1.82) is 0 Å². The topological polar surface area (TPSA) is 0 Å². The average molecular weight is 164 g/mol. The minimum absolute atomic E-state index is 0.939. The fourth-order valence-electron chi connectivity index (χ4n) is 3.53. The molecule has 0 spiro atoms. The molecule has 3 atom stereocenters. The molecule has 68 valence electrons. The van der Waals surface area contributed by atoms with Gasteiger partial charge in [-0.2, -0.15) is 0 Å². The van der Waals surface area contributed by atoms with Gasteiger partial charge in [-0.05, 0) is 11.8 Å². The minimum Gasteiger partial charge on any atom is -0.0654 e. The standard InChI is InChI=1S/C11H21B/c1-8(2)10-7-6-9-4-3-5-11(10)12-9/h8-12H,3-7H2,1-2H3. The van der Waals surface area contributed by atoms with Crippen molar-refractivity contribution in [2.75, 3.05) is 0 Å². The molecular weight excluding hydrogens is 143 g/mol. The zero-order valence-corrected chi connectivity index (χ0v) is 8.55. The molecule has 0 nitrogen and oxygen atoms in total.